The third-order valence-electron chi connectivity index (χ3n) is 3.59. The van der Waals surface area contributed by atoms with Crippen LogP contribution in [0.15, 0.2) is 6.20 Å². The fourth-order valence-electron chi connectivity index (χ4n) is 2.42. The second kappa shape index (κ2) is 6.14. The normalized spacial score (nSPS) is 18.7. The number of rotatable bonds is 4. The average Bonchev–Trinajstić information content (AvgIpc) is 2.63. The van der Waals surface area contributed by atoms with Crippen molar-refractivity contribution in [2.75, 3.05) is 24.2 Å². The summed E-state index contributed by atoms with van der Waals surface area (Å²) in [6.45, 7) is 0.323. The van der Waals surface area contributed by atoms with Crippen molar-refractivity contribution in [3.05, 3.63) is 12.0 Å². The Morgan fingerprint density at radius 3 is 2.63 bits per heavy atom. The minimum Gasteiger partial charge on any atom is -0.388 e. The van der Waals surface area contributed by atoms with Gasteiger partial charge in [0.2, 0.25) is 5.95 Å². The molecule has 1 fully saturated rings. The third-order valence-corrected chi connectivity index (χ3v) is 3.59. The van der Waals surface area contributed by atoms with Crippen molar-refractivity contribution in [1.29, 1.82) is 0 Å². The zero-order valence-electron chi connectivity index (χ0n) is 11.2. The van der Waals surface area contributed by atoms with E-state index in [1.54, 1.807) is 7.05 Å². The van der Waals surface area contributed by atoms with E-state index in [0.717, 1.165) is 44.7 Å². The van der Waals surface area contributed by atoms with Gasteiger partial charge in [0.25, 0.3) is 0 Å². The smallest absolute Gasteiger partial charge is 0.224 e. The molecule has 3 N–H and O–H groups in total. The number of aliphatic hydroxyl groups is 1. The second-order valence-corrected chi connectivity index (χ2v) is 5.13. The molecule has 2 rings (SSSR count). The quantitative estimate of drug-likeness (QED) is 0.730. The molecule has 0 unspecified atom stereocenters. The molecule has 6 heteroatoms. The Morgan fingerprint density at radius 2 is 2.00 bits per heavy atom. The van der Waals surface area contributed by atoms with Gasteiger partial charge in [-0.25, -0.2) is 9.37 Å². The van der Waals surface area contributed by atoms with E-state index in [1.807, 2.05) is 0 Å². The van der Waals surface area contributed by atoms with Gasteiger partial charge in [-0.3, -0.25) is 0 Å². The van der Waals surface area contributed by atoms with Crippen molar-refractivity contribution >= 4 is 11.8 Å². The highest BCUT2D eigenvalue weighted by molar-refractivity contribution is 5.41. The summed E-state index contributed by atoms with van der Waals surface area (Å²) in [5.74, 6) is -0.00926. The fourth-order valence-corrected chi connectivity index (χ4v) is 2.42. The summed E-state index contributed by atoms with van der Waals surface area (Å²) in [7, 11) is 1.68. The van der Waals surface area contributed by atoms with Crippen LogP contribution in [0.1, 0.15) is 38.5 Å². The number of nitrogens with one attached hydrogen (secondary N) is 2. The van der Waals surface area contributed by atoms with Gasteiger partial charge in [0, 0.05) is 13.6 Å². The fraction of sp³-hybridized carbons (Fsp3) is 0.692. The van der Waals surface area contributed by atoms with Gasteiger partial charge in [-0.05, 0) is 12.8 Å². The van der Waals surface area contributed by atoms with E-state index in [9.17, 15) is 9.50 Å². The van der Waals surface area contributed by atoms with Crippen molar-refractivity contribution < 1.29 is 9.50 Å². The molecule has 0 aromatic carbocycles. The summed E-state index contributed by atoms with van der Waals surface area (Å²) in [5.41, 5.74) is -0.756. The van der Waals surface area contributed by atoms with Gasteiger partial charge in [-0.2, -0.15) is 4.98 Å². The van der Waals surface area contributed by atoms with Crippen LogP contribution in [0.5, 0.6) is 0 Å². The molecular weight excluding hydrogens is 247 g/mol. The van der Waals surface area contributed by atoms with Gasteiger partial charge in [0.1, 0.15) is 0 Å². The van der Waals surface area contributed by atoms with E-state index >= 15 is 0 Å². The first kappa shape index (κ1) is 14.0. The van der Waals surface area contributed by atoms with E-state index in [1.165, 1.54) is 0 Å². The van der Waals surface area contributed by atoms with Gasteiger partial charge < -0.3 is 15.7 Å². The van der Waals surface area contributed by atoms with Crippen molar-refractivity contribution in [1.82, 2.24) is 9.97 Å². The van der Waals surface area contributed by atoms with Crippen LogP contribution in [0.25, 0.3) is 0 Å². The summed E-state index contributed by atoms with van der Waals surface area (Å²) in [4.78, 5) is 7.80. The number of hydrogen-bond donors (Lipinski definition) is 3. The van der Waals surface area contributed by atoms with Crippen LogP contribution in [0.3, 0.4) is 0 Å². The Balaban J connectivity index is 2.00. The van der Waals surface area contributed by atoms with Gasteiger partial charge in [0.05, 0.1) is 11.8 Å². The molecule has 5 nitrogen and oxygen atoms in total. The predicted molar refractivity (Wildman–Crippen MR) is 72.7 cm³/mol. The number of anilines is 2. The molecular formula is C13H21FN4O. The van der Waals surface area contributed by atoms with Crippen LogP contribution in [0.4, 0.5) is 16.2 Å². The molecule has 1 aliphatic rings. The van der Waals surface area contributed by atoms with Gasteiger partial charge in [-0.1, -0.05) is 25.7 Å². The van der Waals surface area contributed by atoms with Crippen molar-refractivity contribution in [3.8, 4) is 0 Å². The lowest BCUT2D eigenvalue weighted by Crippen LogP contribution is -2.36. The number of hydrogen-bond acceptors (Lipinski definition) is 5. The van der Waals surface area contributed by atoms with E-state index in [0.29, 0.717) is 12.5 Å². The maximum absolute atomic E-state index is 13.6. The molecule has 1 aromatic rings. The zero-order valence-corrected chi connectivity index (χ0v) is 11.2. The summed E-state index contributed by atoms with van der Waals surface area (Å²) >= 11 is 0. The predicted octanol–water partition coefficient (Wildman–Crippen LogP) is 2.15. The molecule has 106 valence electrons. The summed E-state index contributed by atoms with van der Waals surface area (Å²) in [6, 6.07) is 0. The Kier molecular flexibility index (Phi) is 4.52. The molecule has 0 saturated heterocycles. The molecule has 0 atom stereocenters. The lowest BCUT2D eigenvalue weighted by molar-refractivity contribution is 0.0380. The van der Waals surface area contributed by atoms with E-state index < -0.39 is 11.4 Å². The molecule has 1 saturated carbocycles. The van der Waals surface area contributed by atoms with Crippen LogP contribution in [0, 0.1) is 5.82 Å². The summed E-state index contributed by atoms with van der Waals surface area (Å²) < 4.78 is 13.6. The molecule has 1 aromatic heterocycles. The van der Waals surface area contributed by atoms with E-state index in [2.05, 4.69) is 20.6 Å². The molecule has 0 amide bonds. The van der Waals surface area contributed by atoms with Gasteiger partial charge >= 0.3 is 0 Å². The molecule has 1 aliphatic carbocycles. The topological polar surface area (TPSA) is 70.1 Å². The highest BCUT2D eigenvalue weighted by atomic mass is 19.1. The highest BCUT2D eigenvalue weighted by Crippen LogP contribution is 2.27. The minimum absolute atomic E-state index is 0.136. The zero-order chi connectivity index (χ0) is 13.7. The van der Waals surface area contributed by atoms with Crippen LogP contribution in [0.2, 0.25) is 0 Å². The number of halogens is 1. The molecule has 1 heterocycles. The van der Waals surface area contributed by atoms with Crippen molar-refractivity contribution in [3.63, 3.8) is 0 Å². The summed E-state index contributed by atoms with van der Waals surface area (Å²) in [5, 5.41) is 16.2. The number of nitrogens with zero attached hydrogens (tertiary/aromatic N) is 2. The van der Waals surface area contributed by atoms with Gasteiger partial charge in [0.15, 0.2) is 11.6 Å². The second-order valence-electron chi connectivity index (χ2n) is 5.13. The van der Waals surface area contributed by atoms with Gasteiger partial charge in [-0.15, -0.1) is 0 Å². The lowest BCUT2D eigenvalue weighted by Gasteiger charge is -2.27. The van der Waals surface area contributed by atoms with E-state index in [-0.39, 0.29) is 5.82 Å². The monoisotopic (exact) mass is 268 g/mol. The van der Waals surface area contributed by atoms with Crippen molar-refractivity contribution in [2.45, 2.75) is 44.1 Å². The molecule has 0 radical (unpaired) electrons. The largest absolute Gasteiger partial charge is 0.388 e. The minimum atomic E-state index is -0.756. The number of aromatic nitrogens is 2. The van der Waals surface area contributed by atoms with E-state index in [4.69, 9.17) is 0 Å². The first-order valence-electron chi connectivity index (χ1n) is 6.79. The standard InChI is InChI=1S/C13H21FN4O/c1-15-12-16-8-10(14)11(18-12)17-9-13(19)6-4-2-3-5-7-13/h8,19H,2-7,9H2,1H3,(H2,15,16,17,18). The average molecular weight is 268 g/mol. The molecule has 0 spiro atoms. The maximum Gasteiger partial charge on any atom is 0.224 e. The molecule has 0 aliphatic heterocycles. The Hall–Kier alpha value is -1.43. The SMILES string of the molecule is CNc1ncc(F)c(NCC2(O)CCCCCC2)n1. The van der Waals surface area contributed by atoms with Crippen LogP contribution < -0.4 is 10.6 Å². The molecule has 0 bridgehead atoms. The maximum atomic E-state index is 13.6. The first-order valence-corrected chi connectivity index (χ1v) is 6.79. The first-order chi connectivity index (χ1) is 9.13. The third kappa shape index (κ3) is 3.76. The highest BCUT2D eigenvalue weighted by Gasteiger charge is 2.28. The summed E-state index contributed by atoms with van der Waals surface area (Å²) in [6.07, 6.45) is 7.00. The van der Waals surface area contributed by atoms with Crippen LogP contribution in [-0.2, 0) is 0 Å². The molecule has 19 heavy (non-hydrogen) atoms. The lowest BCUT2D eigenvalue weighted by atomic mass is 9.94. The Bertz CT molecular complexity index is 419. The van der Waals surface area contributed by atoms with Crippen molar-refractivity contribution in [2.24, 2.45) is 0 Å². The van der Waals surface area contributed by atoms with Crippen LogP contribution in [-0.4, -0.2) is 34.3 Å². The Labute approximate surface area is 112 Å². The Morgan fingerprint density at radius 1 is 1.32 bits per heavy atom. The van der Waals surface area contributed by atoms with Crippen LogP contribution >= 0.6 is 0 Å².